The number of anilines is 1. The second kappa shape index (κ2) is 9.08. The molecule has 156 valence electrons. The highest BCUT2D eigenvalue weighted by Crippen LogP contribution is 2.34. The highest BCUT2D eigenvalue weighted by molar-refractivity contribution is 7.99. The molecule has 0 aliphatic carbocycles. The van der Waals surface area contributed by atoms with Gasteiger partial charge in [0.25, 0.3) is 0 Å². The summed E-state index contributed by atoms with van der Waals surface area (Å²) in [5.74, 6) is 2.87. The fourth-order valence-electron chi connectivity index (χ4n) is 3.06. The number of aromatic nitrogens is 3. The summed E-state index contributed by atoms with van der Waals surface area (Å²) in [5, 5.41) is 12.1. The number of para-hydroxylation sites is 1. The maximum atomic E-state index is 12.4. The van der Waals surface area contributed by atoms with E-state index in [1.165, 1.54) is 11.8 Å². The van der Waals surface area contributed by atoms with Gasteiger partial charge in [0, 0.05) is 18.3 Å². The van der Waals surface area contributed by atoms with Gasteiger partial charge in [0.1, 0.15) is 5.75 Å². The van der Waals surface area contributed by atoms with Crippen molar-refractivity contribution in [1.29, 1.82) is 0 Å². The lowest BCUT2D eigenvalue weighted by molar-refractivity contribution is -0.113. The van der Waals surface area contributed by atoms with E-state index in [9.17, 15) is 4.79 Å². The van der Waals surface area contributed by atoms with Crippen molar-refractivity contribution in [3.63, 3.8) is 0 Å². The third-order valence-electron chi connectivity index (χ3n) is 4.47. The van der Waals surface area contributed by atoms with Gasteiger partial charge in [-0.1, -0.05) is 30.0 Å². The van der Waals surface area contributed by atoms with Crippen LogP contribution in [0.4, 0.5) is 5.69 Å². The van der Waals surface area contributed by atoms with E-state index < -0.39 is 0 Å². The largest absolute Gasteiger partial charge is 0.483 e. The van der Waals surface area contributed by atoms with Crippen LogP contribution in [0.1, 0.15) is 25.8 Å². The predicted molar refractivity (Wildman–Crippen MR) is 113 cm³/mol. The van der Waals surface area contributed by atoms with Crippen molar-refractivity contribution in [2.45, 2.75) is 31.7 Å². The topological polar surface area (TPSA) is 87.5 Å². The maximum absolute atomic E-state index is 12.4. The molecular weight excluding hydrogens is 404 g/mol. The number of fused-ring (bicyclic) bond motifs is 1. The first kappa shape index (κ1) is 20.1. The smallest absolute Gasteiger partial charge is 0.234 e. The van der Waals surface area contributed by atoms with Gasteiger partial charge in [-0.05, 0) is 38.1 Å². The molecule has 8 nitrogen and oxygen atoms in total. The third-order valence-corrected chi connectivity index (χ3v) is 5.44. The summed E-state index contributed by atoms with van der Waals surface area (Å²) in [7, 11) is 0. The van der Waals surface area contributed by atoms with Crippen molar-refractivity contribution >= 4 is 23.4 Å². The normalized spacial score (nSPS) is 13.1. The maximum Gasteiger partial charge on any atom is 0.234 e. The monoisotopic (exact) mass is 426 g/mol. The molecule has 0 saturated carbocycles. The Morgan fingerprint density at radius 3 is 2.80 bits per heavy atom. The van der Waals surface area contributed by atoms with Crippen molar-refractivity contribution in [1.82, 2.24) is 14.8 Å². The van der Waals surface area contributed by atoms with Gasteiger partial charge in [-0.2, -0.15) is 0 Å². The van der Waals surface area contributed by atoms with E-state index in [2.05, 4.69) is 15.5 Å². The molecule has 30 heavy (non-hydrogen) atoms. The number of nitrogens with zero attached hydrogens (tertiary/aromatic N) is 3. The Morgan fingerprint density at radius 2 is 2.00 bits per heavy atom. The van der Waals surface area contributed by atoms with Crippen molar-refractivity contribution in [3.8, 4) is 17.2 Å². The van der Waals surface area contributed by atoms with Gasteiger partial charge >= 0.3 is 0 Å². The molecule has 4 rings (SSSR count). The van der Waals surface area contributed by atoms with Crippen molar-refractivity contribution in [2.75, 3.05) is 17.9 Å². The number of thioether (sulfide) groups is 1. The van der Waals surface area contributed by atoms with Gasteiger partial charge in [0.05, 0.1) is 5.75 Å². The number of nitrogens with one attached hydrogen (secondary N) is 1. The number of carbonyl (C=O) groups is 1. The molecule has 0 saturated heterocycles. The highest BCUT2D eigenvalue weighted by Gasteiger charge is 2.20. The fourth-order valence-corrected chi connectivity index (χ4v) is 3.87. The number of amides is 1. The second-order valence-electron chi connectivity index (χ2n) is 6.56. The summed E-state index contributed by atoms with van der Waals surface area (Å²) in [4.78, 5) is 12.4. The zero-order chi connectivity index (χ0) is 20.9. The predicted octanol–water partition coefficient (Wildman–Crippen LogP) is 3.90. The molecule has 1 amide bonds. The van der Waals surface area contributed by atoms with Gasteiger partial charge in [-0.15, -0.1) is 10.2 Å². The number of benzene rings is 2. The molecule has 2 heterocycles. The summed E-state index contributed by atoms with van der Waals surface area (Å²) >= 11 is 1.33. The Balaban J connectivity index is 1.37. The molecule has 0 bridgehead atoms. The van der Waals surface area contributed by atoms with Crippen LogP contribution in [-0.4, -0.2) is 33.2 Å². The Hall–Kier alpha value is -3.20. The van der Waals surface area contributed by atoms with Gasteiger partial charge in [-0.3, -0.25) is 4.79 Å². The molecule has 3 aromatic rings. The van der Waals surface area contributed by atoms with Crippen LogP contribution in [0.25, 0.3) is 0 Å². The van der Waals surface area contributed by atoms with Crippen LogP contribution in [0.3, 0.4) is 0 Å². The molecule has 1 aliphatic heterocycles. The molecule has 1 aromatic heterocycles. The minimum absolute atomic E-state index is 0.139. The molecule has 0 spiro atoms. The zero-order valence-electron chi connectivity index (χ0n) is 16.7. The molecule has 1 N–H and O–H groups in total. The number of hydrogen-bond acceptors (Lipinski definition) is 7. The van der Waals surface area contributed by atoms with Gasteiger partial charge in [-0.25, -0.2) is 0 Å². The minimum atomic E-state index is -0.267. The third kappa shape index (κ3) is 4.51. The lowest BCUT2D eigenvalue weighted by Crippen LogP contribution is -2.15. The van der Waals surface area contributed by atoms with Crippen molar-refractivity contribution in [2.24, 2.45) is 0 Å². The summed E-state index contributed by atoms with van der Waals surface area (Å²) in [5.41, 5.74) is 0.660. The first-order valence-corrected chi connectivity index (χ1v) is 10.6. The number of rotatable bonds is 8. The molecule has 1 aliphatic rings. The van der Waals surface area contributed by atoms with E-state index in [-0.39, 0.29) is 24.6 Å². The lowest BCUT2D eigenvalue weighted by Gasteiger charge is -2.15. The highest BCUT2D eigenvalue weighted by atomic mass is 32.2. The molecule has 0 radical (unpaired) electrons. The second-order valence-corrected chi connectivity index (χ2v) is 7.51. The molecule has 2 aromatic carbocycles. The SMILES string of the molecule is CCn1c(SCC(=O)Nc2ccc3c(c2)OCO3)nnc1C(C)Oc1ccccc1. The van der Waals surface area contributed by atoms with Crippen LogP contribution in [0, 0.1) is 0 Å². The van der Waals surface area contributed by atoms with Gasteiger partial charge in [0.15, 0.2) is 28.6 Å². The molecule has 0 fully saturated rings. The van der Waals surface area contributed by atoms with E-state index in [1.807, 2.05) is 48.7 Å². The molecule has 9 heteroatoms. The van der Waals surface area contributed by atoms with E-state index in [4.69, 9.17) is 14.2 Å². The van der Waals surface area contributed by atoms with Crippen LogP contribution in [-0.2, 0) is 11.3 Å². The van der Waals surface area contributed by atoms with Crippen LogP contribution in [0.5, 0.6) is 17.2 Å². The Morgan fingerprint density at radius 1 is 1.20 bits per heavy atom. The van der Waals surface area contributed by atoms with Crippen LogP contribution in [0.2, 0.25) is 0 Å². The van der Waals surface area contributed by atoms with E-state index in [1.54, 1.807) is 18.2 Å². The van der Waals surface area contributed by atoms with Gasteiger partial charge < -0.3 is 24.1 Å². The summed E-state index contributed by atoms with van der Waals surface area (Å²) < 4.78 is 18.5. The van der Waals surface area contributed by atoms with Crippen LogP contribution in [0.15, 0.2) is 53.7 Å². The average molecular weight is 426 g/mol. The first-order valence-electron chi connectivity index (χ1n) is 9.61. The zero-order valence-corrected chi connectivity index (χ0v) is 17.5. The Kier molecular flexibility index (Phi) is 6.08. The summed E-state index contributed by atoms with van der Waals surface area (Å²) in [6.07, 6.45) is -0.267. The molecule has 1 unspecified atom stereocenters. The van der Waals surface area contributed by atoms with Crippen LogP contribution >= 0.6 is 11.8 Å². The Labute approximate surface area is 178 Å². The number of carbonyl (C=O) groups excluding carboxylic acids is 1. The average Bonchev–Trinajstić information content (AvgIpc) is 3.39. The fraction of sp³-hybridized carbons (Fsp3) is 0.286. The first-order chi connectivity index (χ1) is 14.6. The number of ether oxygens (including phenoxy) is 3. The number of hydrogen-bond donors (Lipinski definition) is 1. The van der Waals surface area contributed by atoms with Crippen molar-refractivity contribution in [3.05, 3.63) is 54.4 Å². The summed E-state index contributed by atoms with van der Waals surface area (Å²) in [6, 6.07) is 14.9. The van der Waals surface area contributed by atoms with Crippen molar-refractivity contribution < 1.29 is 19.0 Å². The lowest BCUT2D eigenvalue weighted by atomic mass is 10.3. The minimum Gasteiger partial charge on any atom is -0.483 e. The van der Waals surface area contributed by atoms with E-state index in [0.717, 1.165) is 11.6 Å². The van der Waals surface area contributed by atoms with E-state index >= 15 is 0 Å². The summed E-state index contributed by atoms with van der Waals surface area (Å²) in [6.45, 7) is 4.82. The standard InChI is InChI=1S/C21H22N4O4S/c1-3-25-20(14(2)29-16-7-5-4-6-8-16)23-24-21(25)30-12-19(26)22-15-9-10-17-18(11-15)28-13-27-17/h4-11,14H,3,12-13H2,1-2H3,(H,22,26). The van der Waals surface area contributed by atoms with Crippen LogP contribution < -0.4 is 19.5 Å². The van der Waals surface area contributed by atoms with E-state index in [0.29, 0.717) is 28.9 Å². The van der Waals surface area contributed by atoms with Gasteiger partial charge in [0.2, 0.25) is 12.7 Å². The molecular formula is C21H22N4O4S. The Bertz CT molecular complexity index is 1030. The quantitative estimate of drug-likeness (QED) is 0.547. The molecule has 1 atom stereocenters.